The van der Waals surface area contributed by atoms with Crippen LogP contribution in [0.2, 0.25) is 0 Å². The zero-order chi connectivity index (χ0) is 13.1. The summed E-state index contributed by atoms with van der Waals surface area (Å²) >= 11 is 1.68. The van der Waals surface area contributed by atoms with E-state index in [9.17, 15) is 4.79 Å². The van der Waals surface area contributed by atoms with Crippen LogP contribution in [-0.2, 0) is 16.0 Å². The second kappa shape index (κ2) is 5.80. The van der Waals surface area contributed by atoms with Crippen molar-refractivity contribution in [2.45, 2.75) is 32.1 Å². The van der Waals surface area contributed by atoms with E-state index in [2.05, 4.69) is 16.9 Å². The van der Waals surface area contributed by atoms with E-state index in [0.717, 1.165) is 23.7 Å². The van der Waals surface area contributed by atoms with Gasteiger partial charge in [0.25, 0.3) is 0 Å². The molecule has 1 aromatic heterocycles. The molecule has 2 heterocycles. The summed E-state index contributed by atoms with van der Waals surface area (Å²) in [5.41, 5.74) is 0.985. The number of esters is 1. The number of nitrogens with zero attached hydrogens (tertiary/aromatic N) is 2. The first-order chi connectivity index (χ1) is 8.60. The summed E-state index contributed by atoms with van der Waals surface area (Å²) in [5.74, 6) is 0.382. The molecule has 0 bridgehead atoms. The molecule has 1 saturated heterocycles. The number of methoxy groups -OCH3 is 1. The molecule has 1 fully saturated rings. The monoisotopic (exact) mass is 268 g/mol. The van der Waals surface area contributed by atoms with Crippen LogP contribution in [0.1, 0.15) is 34.3 Å². The van der Waals surface area contributed by atoms with Crippen LogP contribution in [0.5, 0.6) is 0 Å². The third kappa shape index (κ3) is 3.09. The van der Waals surface area contributed by atoms with Crippen LogP contribution in [0.15, 0.2) is 0 Å². The summed E-state index contributed by atoms with van der Waals surface area (Å²) in [5, 5.41) is 1.19. The van der Waals surface area contributed by atoms with Gasteiger partial charge in [0.15, 0.2) is 0 Å². The SMILES string of the molecule is COC(=O)Cc1sc(C2CCN(C)CC2)nc1C. The third-order valence-electron chi connectivity index (χ3n) is 3.51. The largest absolute Gasteiger partial charge is 0.469 e. The Hall–Kier alpha value is -0.940. The van der Waals surface area contributed by atoms with E-state index < -0.39 is 0 Å². The van der Waals surface area contributed by atoms with Crippen LogP contribution >= 0.6 is 11.3 Å². The first-order valence-corrected chi connectivity index (χ1v) is 7.13. The van der Waals surface area contributed by atoms with E-state index in [0.29, 0.717) is 12.3 Å². The first-order valence-electron chi connectivity index (χ1n) is 6.31. The van der Waals surface area contributed by atoms with Gasteiger partial charge >= 0.3 is 5.97 Å². The number of hydrogen-bond donors (Lipinski definition) is 0. The van der Waals surface area contributed by atoms with Crippen LogP contribution in [0.25, 0.3) is 0 Å². The van der Waals surface area contributed by atoms with Crippen molar-refractivity contribution in [1.29, 1.82) is 0 Å². The molecule has 2 rings (SSSR count). The van der Waals surface area contributed by atoms with E-state index in [4.69, 9.17) is 4.74 Å². The molecule has 0 atom stereocenters. The normalized spacial score (nSPS) is 17.9. The molecule has 0 radical (unpaired) electrons. The fourth-order valence-electron chi connectivity index (χ4n) is 2.25. The molecule has 0 N–H and O–H groups in total. The van der Waals surface area contributed by atoms with E-state index >= 15 is 0 Å². The molecule has 5 heteroatoms. The zero-order valence-electron chi connectivity index (χ0n) is 11.2. The van der Waals surface area contributed by atoms with Crippen LogP contribution in [0, 0.1) is 6.92 Å². The van der Waals surface area contributed by atoms with Crippen molar-refractivity contribution in [3.05, 3.63) is 15.6 Å². The highest BCUT2D eigenvalue weighted by Gasteiger charge is 2.22. The maximum absolute atomic E-state index is 11.3. The third-order valence-corrected chi connectivity index (χ3v) is 4.83. The summed E-state index contributed by atoms with van der Waals surface area (Å²) in [7, 11) is 3.59. The van der Waals surface area contributed by atoms with Crippen LogP contribution in [0.3, 0.4) is 0 Å². The summed E-state index contributed by atoms with van der Waals surface area (Å²) in [6, 6.07) is 0. The highest BCUT2D eigenvalue weighted by atomic mass is 32.1. The molecule has 1 aromatic rings. The molecular weight excluding hydrogens is 248 g/mol. The van der Waals surface area contributed by atoms with Crippen molar-refractivity contribution in [3.8, 4) is 0 Å². The Kier molecular flexibility index (Phi) is 4.35. The van der Waals surface area contributed by atoms with Gasteiger partial charge in [-0.15, -0.1) is 11.3 Å². The Morgan fingerprint density at radius 3 is 2.78 bits per heavy atom. The number of aryl methyl sites for hydroxylation is 1. The van der Waals surface area contributed by atoms with Gasteiger partial charge in [0.2, 0.25) is 0 Å². The molecular formula is C13H20N2O2S. The van der Waals surface area contributed by atoms with Gasteiger partial charge in [-0.05, 0) is 39.9 Å². The molecule has 100 valence electrons. The van der Waals surface area contributed by atoms with Crippen LogP contribution in [0.4, 0.5) is 0 Å². The van der Waals surface area contributed by atoms with Gasteiger partial charge in [-0.25, -0.2) is 4.98 Å². The number of piperidine rings is 1. The maximum Gasteiger partial charge on any atom is 0.310 e. The van der Waals surface area contributed by atoms with E-state index in [1.54, 1.807) is 11.3 Å². The number of ether oxygens (including phenoxy) is 1. The first kappa shape index (κ1) is 13.5. The summed E-state index contributed by atoms with van der Waals surface area (Å²) < 4.78 is 4.71. The van der Waals surface area contributed by atoms with Crippen molar-refractivity contribution in [2.75, 3.05) is 27.2 Å². The lowest BCUT2D eigenvalue weighted by atomic mass is 9.98. The van der Waals surface area contributed by atoms with Gasteiger partial charge in [-0.3, -0.25) is 4.79 Å². The van der Waals surface area contributed by atoms with Crippen molar-refractivity contribution in [2.24, 2.45) is 0 Å². The minimum Gasteiger partial charge on any atom is -0.469 e. The average molecular weight is 268 g/mol. The molecule has 1 aliphatic rings. The predicted molar refractivity (Wildman–Crippen MR) is 72.0 cm³/mol. The number of carbonyl (C=O) groups is 1. The predicted octanol–water partition coefficient (Wildman–Crippen LogP) is 1.98. The Bertz CT molecular complexity index is 423. The molecule has 0 amide bonds. The number of hydrogen-bond acceptors (Lipinski definition) is 5. The number of thiazole rings is 1. The standard InChI is InChI=1S/C13H20N2O2S/c1-9-11(8-12(16)17-3)18-13(14-9)10-4-6-15(2)7-5-10/h10H,4-8H2,1-3H3. The number of likely N-dealkylation sites (tertiary alicyclic amines) is 1. The van der Waals surface area contributed by atoms with Crippen LogP contribution < -0.4 is 0 Å². The number of aromatic nitrogens is 1. The number of rotatable bonds is 3. The highest BCUT2D eigenvalue weighted by molar-refractivity contribution is 7.11. The second-order valence-electron chi connectivity index (χ2n) is 4.89. The molecule has 0 aromatic carbocycles. The Labute approximate surface area is 112 Å². The van der Waals surface area contributed by atoms with Gasteiger partial charge in [0.05, 0.1) is 24.2 Å². The van der Waals surface area contributed by atoms with Gasteiger partial charge in [0, 0.05) is 10.8 Å². The van der Waals surface area contributed by atoms with E-state index in [1.165, 1.54) is 25.0 Å². The summed E-state index contributed by atoms with van der Waals surface area (Å²) in [6.45, 7) is 4.25. The zero-order valence-corrected chi connectivity index (χ0v) is 12.0. The Morgan fingerprint density at radius 1 is 1.50 bits per heavy atom. The lowest BCUT2D eigenvalue weighted by molar-refractivity contribution is -0.139. The van der Waals surface area contributed by atoms with Crippen LogP contribution in [-0.4, -0.2) is 43.1 Å². The molecule has 1 aliphatic heterocycles. The van der Waals surface area contributed by atoms with Crippen molar-refractivity contribution in [1.82, 2.24) is 9.88 Å². The summed E-state index contributed by atoms with van der Waals surface area (Å²) in [4.78, 5) is 19.4. The van der Waals surface area contributed by atoms with Gasteiger partial charge in [-0.2, -0.15) is 0 Å². The van der Waals surface area contributed by atoms with Gasteiger partial charge in [-0.1, -0.05) is 0 Å². The molecule has 0 saturated carbocycles. The lowest BCUT2D eigenvalue weighted by Gasteiger charge is -2.27. The molecule has 0 unspecified atom stereocenters. The smallest absolute Gasteiger partial charge is 0.310 e. The average Bonchev–Trinajstić information content (AvgIpc) is 2.71. The van der Waals surface area contributed by atoms with Gasteiger partial charge < -0.3 is 9.64 Å². The number of carbonyl (C=O) groups excluding carboxylic acids is 1. The fraction of sp³-hybridized carbons (Fsp3) is 0.692. The summed E-state index contributed by atoms with van der Waals surface area (Å²) in [6.07, 6.45) is 2.69. The lowest BCUT2D eigenvalue weighted by Crippen LogP contribution is -2.29. The van der Waals surface area contributed by atoms with Crippen molar-refractivity contribution in [3.63, 3.8) is 0 Å². The van der Waals surface area contributed by atoms with E-state index in [-0.39, 0.29) is 5.97 Å². The molecule has 18 heavy (non-hydrogen) atoms. The molecule has 0 aliphatic carbocycles. The Morgan fingerprint density at radius 2 is 2.17 bits per heavy atom. The van der Waals surface area contributed by atoms with Crippen molar-refractivity contribution < 1.29 is 9.53 Å². The second-order valence-corrected chi connectivity index (χ2v) is 6.01. The molecule has 0 spiro atoms. The van der Waals surface area contributed by atoms with E-state index in [1.807, 2.05) is 6.92 Å². The quantitative estimate of drug-likeness (QED) is 0.786. The highest BCUT2D eigenvalue weighted by Crippen LogP contribution is 2.32. The fourth-order valence-corrected chi connectivity index (χ4v) is 3.47. The minimum atomic E-state index is -0.184. The topological polar surface area (TPSA) is 42.4 Å². The van der Waals surface area contributed by atoms with Crippen molar-refractivity contribution >= 4 is 17.3 Å². The minimum absolute atomic E-state index is 0.184. The Balaban J connectivity index is 2.06. The molecule has 4 nitrogen and oxygen atoms in total. The maximum atomic E-state index is 11.3. The van der Waals surface area contributed by atoms with Gasteiger partial charge in [0.1, 0.15) is 0 Å².